The zero-order chi connectivity index (χ0) is 9.15. The number of aromatic nitrogens is 4. The monoisotopic (exact) mass is 182 g/mol. The maximum absolute atomic E-state index is 10.1. The van der Waals surface area contributed by atoms with Gasteiger partial charge in [0.2, 0.25) is 0 Å². The van der Waals surface area contributed by atoms with Gasteiger partial charge >= 0.3 is 0 Å². The van der Waals surface area contributed by atoms with Crippen molar-refractivity contribution in [1.82, 2.24) is 20.6 Å². The number of hydrogen-bond donors (Lipinski definition) is 2. The molecular weight excluding hydrogens is 168 g/mol. The minimum atomic E-state index is -0.581. The molecule has 1 aliphatic carbocycles. The Balaban J connectivity index is 1.99. The van der Waals surface area contributed by atoms with Gasteiger partial charge in [0.1, 0.15) is 0 Å². The van der Waals surface area contributed by atoms with Crippen LogP contribution in [-0.4, -0.2) is 31.3 Å². The van der Waals surface area contributed by atoms with Crippen molar-refractivity contribution >= 4 is 0 Å². The highest BCUT2D eigenvalue weighted by Gasteiger charge is 2.30. The average Bonchev–Trinajstić information content (AvgIpc) is 2.57. The van der Waals surface area contributed by atoms with Gasteiger partial charge in [0.25, 0.3) is 0 Å². The molecular formula is C8H14N4O. The molecule has 1 fully saturated rings. The van der Waals surface area contributed by atoms with E-state index < -0.39 is 5.60 Å². The molecule has 2 rings (SSSR count). The standard InChI is InChI=1S/C8H14N4O/c13-8(4-2-1-3-5-8)6-7-9-11-12-10-7/h13H,1-6H2,(H,9,10,11,12). The number of rotatable bonds is 2. The predicted molar refractivity (Wildman–Crippen MR) is 45.9 cm³/mol. The largest absolute Gasteiger partial charge is 0.389 e. The third-order valence-corrected chi connectivity index (χ3v) is 2.66. The van der Waals surface area contributed by atoms with E-state index in [1.54, 1.807) is 0 Å². The summed E-state index contributed by atoms with van der Waals surface area (Å²) in [5.41, 5.74) is -0.581. The first-order chi connectivity index (χ1) is 6.29. The summed E-state index contributed by atoms with van der Waals surface area (Å²) in [5.74, 6) is 0.615. The van der Waals surface area contributed by atoms with Crippen molar-refractivity contribution in [2.45, 2.75) is 44.1 Å². The second-order valence-electron chi connectivity index (χ2n) is 3.79. The summed E-state index contributed by atoms with van der Waals surface area (Å²) in [6, 6.07) is 0. The summed E-state index contributed by atoms with van der Waals surface area (Å²) < 4.78 is 0. The van der Waals surface area contributed by atoms with Crippen LogP contribution < -0.4 is 0 Å². The molecule has 0 unspecified atom stereocenters. The minimum absolute atomic E-state index is 0.531. The van der Waals surface area contributed by atoms with Gasteiger partial charge in [-0.1, -0.05) is 24.5 Å². The fourth-order valence-corrected chi connectivity index (χ4v) is 1.94. The lowest BCUT2D eigenvalue weighted by atomic mass is 9.82. The van der Waals surface area contributed by atoms with Crippen molar-refractivity contribution < 1.29 is 5.11 Å². The molecule has 0 saturated heterocycles. The van der Waals surface area contributed by atoms with Crippen molar-refractivity contribution in [2.75, 3.05) is 0 Å². The second kappa shape index (κ2) is 3.41. The van der Waals surface area contributed by atoms with Gasteiger partial charge < -0.3 is 5.11 Å². The smallest absolute Gasteiger partial charge is 0.177 e. The SMILES string of the molecule is OC1(Cc2nn[nH]n2)CCCCC1. The van der Waals surface area contributed by atoms with Gasteiger partial charge in [0.15, 0.2) is 5.82 Å². The molecule has 0 amide bonds. The van der Waals surface area contributed by atoms with Crippen LogP contribution in [0.15, 0.2) is 0 Å². The third kappa shape index (κ3) is 2.03. The Labute approximate surface area is 76.5 Å². The number of aromatic amines is 1. The van der Waals surface area contributed by atoms with Crippen LogP contribution in [0.25, 0.3) is 0 Å². The van der Waals surface area contributed by atoms with E-state index in [1.807, 2.05) is 0 Å². The Morgan fingerprint density at radius 1 is 1.31 bits per heavy atom. The van der Waals surface area contributed by atoms with Gasteiger partial charge in [-0.2, -0.15) is 5.21 Å². The highest BCUT2D eigenvalue weighted by molar-refractivity contribution is 4.92. The second-order valence-corrected chi connectivity index (χ2v) is 3.79. The molecule has 13 heavy (non-hydrogen) atoms. The summed E-state index contributed by atoms with van der Waals surface area (Å²) in [6.07, 6.45) is 5.70. The lowest BCUT2D eigenvalue weighted by Crippen LogP contribution is -2.34. The third-order valence-electron chi connectivity index (χ3n) is 2.66. The number of nitrogens with one attached hydrogen (secondary N) is 1. The van der Waals surface area contributed by atoms with Gasteiger partial charge in [-0.05, 0) is 12.8 Å². The number of hydrogen-bond acceptors (Lipinski definition) is 4. The Morgan fingerprint density at radius 2 is 2.08 bits per heavy atom. The highest BCUT2D eigenvalue weighted by atomic mass is 16.3. The molecule has 72 valence electrons. The summed E-state index contributed by atoms with van der Waals surface area (Å²) in [6.45, 7) is 0. The Morgan fingerprint density at radius 3 is 2.69 bits per heavy atom. The summed E-state index contributed by atoms with van der Waals surface area (Å²) >= 11 is 0. The molecule has 1 heterocycles. The van der Waals surface area contributed by atoms with Crippen molar-refractivity contribution in [2.24, 2.45) is 0 Å². The van der Waals surface area contributed by atoms with Gasteiger partial charge in [-0.25, -0.2) is 0 Å². The fraction of sp³-hybridized carbons (Fsp3) is 0.875. The molecule has 5 heteroatoms. The van der Waals surface area contributed by atoms with E-state index in [2.05, 4.69) is 20.6 Å². The molecule has 5 nitrogen and oxygen atoms in total. The topological polar surface area (TPSA) is 74.7 Å². The lowest BCUT2D eigenvalue weighted by Gasteiger charge is -2.30. The molecule has 1 aromatic heterocycles. The maximum atomic E-state index is 10.1. The van der Waals surface area contributed by atoms with E-state index >= 15 is 0 Å². The Bertz CT molecular complexity index is 253. The van der Waals surface area contributed by atoms with E-state index in [9.17, 15) is 5.11 Å². The summed E-state index contributed by atoms with van der Waals surface area (Å²) in [5, 5.41) is 23.7. The molecule has 0 spiro atoms. The van der Waals surface area contributed by atoms with E-state index in [0.29, 0.717) is 12.2 Å². The van der Waals surface area contributed by atoms with Crippen LogP contribution in [0.5, 0.6) is 0 Å². The molecule has 0 atom stereocenters. The van der Waals surface area contributed by atoms with E-state index in [1.165, 1.54) is 6.42 Å². The lowest BCUT2D eigenvalue weighted by molar-refractivity contribution is 0.00278. The summed E-state index contributed by atoms with van der Waals surface area (Å²) in [7, 11) is 0. The van der Waals surface area contributed by atoms with Crippen LogP contribution in [0, 0.1) is 0 Å². The quantitative estimate of drug-likeness (QED) is 0.695. The maximum Gasteiger partial charge on any atom is 0.177 e. The van der Waals surface area contributed by atoms with Gasteiger partial charge in [-0.3, -0.25) is 0 Å². The van der Waals surface area contributed by atoms with Gasteiger partial charge in [0, 0.05) is 6.42 Å². The molecule has 0 radical (unpaired) electrons. The van der Waals surface area contributed by atoms with E-state index in [4.69, 9.17) is 0 Å². The molecule has 1 saturated carbocycles. The van der Waals surface area contributed by atoms with E-state index in [0.717, 1.165) is 25.7 Å². The number of aliphatic hydroxyl groups is 1. The van der Waals surface area contributed by atoms with Crippen molar-refractivity contribution in [3.05, 3.63) is 5.82 Å². The molecule has 2 N–H and O–H groups in total. The number of H-pyrrole nitrogens is 1. The zero-order valence-electron chi connectivity index (χ0n) is 7.53. The van der Waals surface area contributed by atoms with Gasteiger partial charge in [0.05, 0.1) is 5.60 Å². The zero-order valence-corrected chi connectivity index (χ0v) is 7.53. The average molecular weight is 182 g/mol. The van der Waals surface area contributed by atoms with Crippen LogP contribution in [0.1, 0.15) is 37.9 Å². The fourth-order valence-electron chi connectivity index (χ4n) is 1.94. The first-order valence-electron chi connectivity index (χ1n) is 4.73. The molecule has 0 bridgehead atoms. The van der Waals surface area contributed by atoms with Gasteiger partial charge in [-0.15, -0.1) is 10.2 Å². The van der Waals surface area contributed by atoms with Crippen LogP contribution >= 0.6 is 0 Å². The molecule has 0 aliphatic heterocycles. The van der Waals surface area contributed by atoms with Crippen LogP contribution in [0.3, 0.4) is 0 Å². The first-order valence-corrected chi connectivity index (χ1v) is 4.73. The van der Waals surface area contributed by atoms with E-state index in [-0.39, 0.29) is 0 Å². The number of nitrogens with zero attached hydrogens (tertiary/aromatic N) is 3. The Hall–Kier alpha value is -0.970. The first kappa shape index (κ1) is 8.62. The highest BCUT2D eigenvalue weighted by Crippen LogP contribution is 2.29. The molecule has 1 aromatic rings. The molecule has 0 aromatic carbocycles. The predicted octanol–water partition coefficient (Wildman–Crippen LogP) is 0.437. The Kier molecular flexibility index (Phi) is 2.26. The summed E-state index contributed by atoms with van der Waals surface area (Å²) in [4.78, 5) is 0. The minimum Gasteiger partial charge on any atom is -0.389 e. The molecule has 1 aliphatic rings. The van der Waals surface area contributed by atoms with Crippen molar-refractivity contribution in [1.29, 1.82) is 0 Å². The van der Waals surface area contributed by atoms with Crippen LogP contribution in [0.4, 0.5) is 0 Å². The van der Waals surface area contributed by atoms with Crippen molar-refractivity contribution in [3.8, 4) is 0 Å². The number of tetrazole rings is 1. The van der Waals surface area contributed by atoms with Crippen molar-refractivity contribution in [3.63, 3.8) is 0 Å². The van der Waals surface area contributed by atoms with Crippen LogP contribution in [0.2, 0.25) is 0 Å². The van der Waals surface area contributed by atoms with Crippen LogP contribution in [-0.2, 0) is 6.42 Å². The normalized spacial score (nSPS) is 21.6.